The van der Waals surface area contributed by atoms with Crippen LogP contribution >= 0.6 is 62.5 Å². The molecule has 0 aliphatic rings. The number of carboxylic acids is 1. The van der Waals surface area contributed by atoms with Gasteiger partial charge in [0.1, 0.15) is 0 Å². The van der Waals surface area contributed by atoms with Gasteiger partial charge in [0.15, 0.2) is 0 Å². The summed E-state index contributed by atoms with van der Waals surface area (Å²) < 4.78 is 11.4. The number of aliphatic hydroxyl groups excluding tert-OH is 2. The zero-order valence-electron chi connectivity index (χ0n) is 23.8. The van der Waals surface area contributed by atoms with E-state index >= 15 is 0 Å². The summed E-state index contributed by atoms with van der Waals surface area (Å²) in [5.41, 5.74) is 0. The van der Waals surface area contributed by atoms with Crippen LogP contribution in [0.25, 0.3) is 0 Å². The molecule has 237 valence electrons. The summed E-state index contributed by atoms with van der Waals surface area (Å²) >= 11 is 6.96. The molecular formula is C27H43I3O8V3-2. The molecule has 0 unspecified atom stereocenters. The Morgan fingerprint density at radius 1 is 0.780 bits per heavy atom. The van der Waals surface area contributed by atoms with E-state index in [0.717, 1.165) is 57.8 Å². The molecule has 0 amide bonds. The fourth-order valence-corrected chi connectivity index (χ4v) is 1.55. The van der Waals surface area contributed by atoms with E-state index in [2.05, 4.69) is 96.7 Å². The molecule has 0 aliphatic heterocycles. The minimum Gasteiger partial charge on any atom is 0 e. The number of unbranched alkanes of at least 4 members (excludes halogenated alkanes) is 6. The largest absolute Gasteiger partial charge is 0 e. The Bertz CT molecular complexity index is 597. The Labute approximate surface area is 315 Å². The Hall–Kier alpha value is 0.953. The van der Waals surface area contributed by atoms with E-state index < -0.39 is 17.9 Å². The first kappa shape index (κ1) is 61.0. The Morgan fingerprint density at radius 2 is 1.02 bits per heavy atom. The molecular weight excluding hydrogens is 986 g/mol. The van der Waals surface area contributed by atoms with Gasteiger partial charge in [-0.1, -0.05) is 26.7 Å². The Balaban J connectivity index is -0.0000000610. The van der Waals surface area contributed by atoms with Crippen LogP contribution in [-0.2, 0) is 70.4 Å². The van der Waals surface area contributed by atoms with Gasteiger partial charge in [-0.05, 0) is 38.5 Å². The maximum atomic E-state index is 10.5. The Morgan fingerprint density at radius 3 is 1.20 bits per heavy atom. The molecule has 0 spiro atoms. The van der Waals surface area contributed by atoms with Crippen molar-refractivity contribution < 1.29 is 85.8 Å². The van der Waals surface area contributed by atoms with E-state index in [0.29, 0.717) is 22.7 Å². The van der Waals surface area contributed by atoms with E-state index in [4.69, 9.17) is 33.0 Å². The average molecular weight is 1030 g/mol. The fraction of sp³-hybridized carbons (Fsp3) is 0.593. The van der Waals surface area contributed by atoms with Crippen molar-refractivity contribution in [2.75, 3.05) is 26.4 Å². The van der Waals surface area contributed by atoms with Crippen molar-refractivity contribution in [2.45, 2.75) is 78.1 Å². The van der Waals surface area contributed by atoms with Crippen molar-refractivity contribution in [3.05, 3.63) is 11.4 Å². The zero-order valence-corrected chi connectivity index (χ0v) is 34.4. The van der Waals surface area contributed by atoms with Crippen LogP contribution in [0, 0.1) is 48.4 Å². The van der Waals surface area contributed by atoms with Crippen molar-refractivity contribution in [3.8, 4) is 37.0 Å². The summed E-state index contributed by atoms with van der Waals surface area (Å²) in [5.74, 6) is 2.67. The number of terminal acetylenes is 3. The summed E-state index contributed by atoms with van der Waals surface area (Å²) in [4.78, 5) is 30.2. The molecule has 0 aliphatic carbocycles. The number of aliphatic hydroxyl groups is 2. The predicted molar refractivity (Wildman–Crippen MR) is 179 cm³/mol. The van der Waals surface area contributed by atoms with Gasteiger partial charge < -0.3 is 54.3 Å². The first-order chi connectivity index (χ1) is 18.6. The Kier molecular flexibility index (Phi) is 102. The second kappa shape index (κ2) is 68.2. The van der Waals surface area contributed by atoms with Crippen molar-refractivity contribution in [3.63, 3.8) is 0 Å². The predicted octanol–water partition coefficient (Wildman–Crippen LogP) is 6.12. The van der Waals surface area contributed by atoms with Gasteiger partial charge in [-0.2, -0.15) is 12.8 Å². The van der Waals surface area contributed by atoms with Crippen molar-refractivity contribution in [1.82, 2.24) is 0 Å². The molecule has 0 aromatic rings. The van der Waals surface area contributed by atoms with Crippen LogP contribution in [0.2, 0.25) is 0 Å². The summed E-state index contributed by atoms with van der Waals surface area (Å²) in [5, 5.41) is 24.1. The molecule has 41 heavy (non-hydrogen) atoms. The van der Waals surface area contributed by atoms with Crippen LogP contribution in [0.1, 0.15) is 78.1 Å². The standard InChI is InChI=1S/C12H14O4.C6H14O2.C3H6I.C3H2O2.C3H7.2HI.3V/c1-3-11(13)15-9-7-5-6-8-10-16-12(14)4-2;7-5-3-1-2-4-6-8;1-2-3-4;1-2-3(4)5;1-3-2;;;;;/h1-2H,5-10H2;7-8H,1-6H2;3H,2H2,1H3;1H,(H,4,5);1,3H2,2H3;2*1H;;;/q;;-1;;-1;;;;;+2/p-2. The quantitative estimate of drug-likeness (QED) is 0.0503. The van der Waals surface area contributed by atoms with Gasteiger partial charge in [0.05, 0.1) is 13.2 Å². The van der Waals surface area contributed by atoms with E-state index in [1.165, 1.54) is 12.3 Å². The molecule has 2 radical (unpaired) electrons. The second-order valence-electron chi connectivity index (χ2n) is 6.41. The molecule has 8 nitrogen and oxygen atoms in total. The van der Waals surface area contributed by atoms with Crippen molar-refractivity contribution >= 4 is 80.5 Å². The molecule has 0 heterocycles. The number of rotatable bonds is 13. The van der Waals surface area contributed by atoms with Crippen molar-refractivity contribution in [2.24, 2.45) is 0 Å². The fourth-order valence-electron chi connectivity index (χ4n) is 1.55. The molecule has 0 bridgehead atoms. The third kappa shape index (κ3) is 108. The number of halogens is 3. The molecule has 0 saturated heterocycles. The maximum Gasteiger partial charge on any atom is 0 e. The zero-order chi connectivity index (χ0) is 31.6. The molecule has 0 aromatic carbocycles. The second-order valence-corrected chi connectivity index (χ2v) is 19.1. The normalized spacial score (nSPS) is 7.44. The number of aliphatic carboxylic acids is 1. The first-order valence-electron chi connectivity index (χ1n) is 11.9. The van der Waals surface area contributed by atoms with Gasteiger partial charge in [0.25, 0.3) is 0 Å². The van der Waals surface area contributed by atoms with Crippen molar-refractivity contribution in [1.29, 1.82) is 0 Å². The molecule has 3 N–H and O–H groups in total. The number of hydrogen-bond acceptors (Lipinski definition) is 7. The van der Waals surface area contributed by atoms with Gasteiger partial charge in [-0.25, -0.2) is 14.4 Å². The van der Waals surface area contributed by atoms with Gasteiger partial charge >= 0.3 is 67.3 Å². The minimum atomic E-state index is -1.22. The van der Waals surface area contributed by atoms with E-state index in [9.17, 15) is 9.59 Å². The topological polar surface area (TPSA) is 130 Å². The van der Waals surface area contributed by atoms with Crippen LogP contribution < -0.4 is 0 Å². The monoisotopic (exact) mass is 1030 g/mol. The number of esters is 2. The minimum absolute atomic E-state index is 0. The first-order valence-corrected chi connectivity index (χ1v) is 22.2. The van der Waals surface area contributed by atoms with Crippen LogP contribution in [0.4, 0.5) is 0 Å². The van der Waals surface area contributed by atoms with Gasteiger partial charge in [0.2, 0.25) is 0 Å². The molecule has 0 aromatic heterocycles. The van der Waals surface area contributed by atoms with Crippen LogP contribution in [-0.4, -0.2) is 59.7 Å². The molecule has 14 heteroatoms. The number of carboxylic acid groups (broad SMARTS) is 1. The molecule has 0 atom stereocenters. The van der Waals surface area contributed by atoms with E-state index in [1.807, 2.05) is 18.8 Å². The van der Waals surface area contributed by atoms with Gasteiger partial charge in [-0.15, -0.1) is 19.3 Å². The molecule has 0 saturated carbocycles. The average Bonchev–Trinajstić information content (AvgIpc) is 2.93. The SMILES string of the molecule is C#CC(=O)O.C#CC(=O)OCCCCCCOC(=O)C#C.CC[CH-]I.OCCCCCCO.[CH2-]CC.[I][V][I].[V].[V]. The van der Waals surface area contributed by atoms with E-state index in [1.54, 1.807) is 0 Å². The maximum absolute atomic E-state index is 10.5. The van der Waals surface area contributed by atoms with Crippen LogP contribution in [0.3, 0.4) is 0 Å². The molecule has 0 fully saturated rings. The summed E-state index contributed by atoms with van der Waals surface area (Å²) in [6.45, 7) is 8.84. The summed E-state index contributed by atoms with van der Waals surface area (Å²) in [6, 6.07) is 0. The van der Waals surface area contributed by atoms with Crippen LogP contribution in [0.15, 0.2) is 0 Å². The summed E-state index contributed by atoms with van der Waals surface area (Å²) in [6.07, 6.45) is 23.2. The molecule has 0 rings (SSSR count). The summed E-state index contributed by atoms with van der Waals surface area (Å²) in [7, 11) is 0.628. The van der Waals surface area contributed by atoms with E-state index in [-0.39, 0.29) is 50.3 Å². The van der Waals surface area contributed by atoms with Gasteiger partial charge in [-0.3, -0.25) is 4.43 Å². The number of ether oxygens (including phenoxy) is 2. The number of carbonyl (C=O) groups is 3. The third-order valence-electron chi connectivity index (χ3n) is 3.08. The van der Waals surface area contributed by atoms with Crippen LogP contribution in [0.5, 0.6) is 0 Å². The number of carbonyl (C=O) groups excluding carboxylic acids is 2. The smallest absolute Gasteiger partial charge is 0 e. The number of hydrogen-bond donors (Lipinski definition) is 3. The third-order valence-corrected chi connectivity index (χ3v) is 3.97. The van der Waals surface area contributed by atoms with Gasteiger partial charge in [0, 0.05) is 68.1 Å².